The van der Waals surface area contributed by atoms with Crippen molar-refractivity contribution in [3.8, 4) is 28.6 Å². The summed E-state index contributed by atoms with van der Waals surface area (Å²) in [7, 11) is 1.52. The lowest BCUT2D eigenvalue weighted by Crippen LogP contribution is -2.62. The SMILES string of the molecule is CC[C@H](C)C(=O)O[C@H]1[C@H](O)[C@H](OC[C@H]2O[C@@H](Oc3cc(O)c4c(=O)cc(-c5ccc(OC)cc5)oc4c3)[C@H](O)[C@@H](O)[C@@H]2O)O[C@@H](C)[C@@H]1O. The zero-order chi connectivity index (χ0) is 34.9. The van der Waals surface area contributed by atoms with Crippen LogP contribution in [-0.4, -0.2) is 112 Å². The van der Waals surface area contributed by atoms with Crippen molar-refractivity contribution in [3.63, 3.8) is 0 Å². The maximum atomic E-state index is 12.9. The van der Waals surface area contributed by atoms with E-state index in [4.69, 9.17) is 32.8 Å². The second-order valence-electron chi connectivity index (χ2n) is 11.9. The van der Waals surface area contributed by atoms with Gasteiger partial charge in [0.25, 0.3) is 0 Å². The van der Waals surface area contributed by atoms with Crippen molar-refractivity contribution < 1.29 is 68.3 Å². The van der Waals surface area contributed by atoms with Crippen molar-refractivity contribution in [2.45, 2.75) is 88.6 Å². The van der Waals surface area contributed by atoms with Crippen LogP contribution in [0, 0.1) is 5.92 Å². The summed E-state index contributed by atoms with van der Waals surface area (Å²) in [6, 6.07) is 10.4. The third kappa shape index (κ3) is 7.28. The molecule has 0 amide bonds. The molecule has 0 bridgehead atoms. The number of esters is 1. The lowest BCUT2D eigenvalue weighted by Gasteiger charge is -2.43. The van der Waals surface area contributed by atoms with Gasteiger partial charge in [0.05, 0.1) is 25.7 Å². The summed E-state index contributed by atoms with van der Waals surface area (Å²) in [5, 5.41) is 63.8. The van der Waals surface area contributed by atoms with Crippen molar-refractivity contribution in [2.75, 3.05) is 13.7 Å². The molecule has 0 saturated carbocycles. The Kier molecular flexibility index (Phi) is 10.9. The molecule has 2 aromatic carbocycles. The minimum Gasteiger partial charge on any atom is -0.507 e. The number of carbonyl (C=O) groups is 1. The highest BCUT2D eigenvalue weighted by Gasteiger charge is 2.49. The van der Waals surface area contributed by atoms with Gasteiger partial charge in [0.1, 0.15) is 70.6 Å². The van der Waals surface area contributed by atoms with Gasteiger partial charge in [0.2, 0.25) is 6.29 Å². The molecule has 48 heavy (non-hydrogen) atoms. The first kappa shape index (κ1) is 35.5. The third-order valence-corrected chi connectivity index (χ3v) is 8.55. The maximum absolute atomic E-state index is 12.9. The Morgan fingerprint density at radius 3 is 2.27 bits per heavy atom. The average molecular weight is 677 g/mol. The molecule has 262 valence electrons. The fourth-order valence-electron chi connectivity index (χ4n) is 5.38. The summed E-state index contributed by atoms with van der Waals surface area (Å²) in [5.74, 6) is -0.892. The van der Waals surface area contributed by atoms with E-state index in [1.807, 2.05) is 0 Å². The molecule has 2 saturated heterocycles. The quantitative estimate of drug-likeness (QED) is 0.163. The predicted molar refractivity (Wildman–Crippen MR) is 165 cm³/mol. The van der Waals surface area contributed by atoms with E-state index >= 15 is 0 Å². The van der Waals surface area contributed by atoms with Crippen LogP contribution in [0.4, 0.5) is 0 Å². The first-order valence-corrected chi connectivity index (χ1v) is 15.5. The molecule has 11 atom stereocenters. The van der Waals surface area contributed by atoms with Crippen LogP contribution in [0.1, 0.15) is 27.2 Å². The summed E-state index contributed by atoms with van der Waals surface area (Å²) < 4.78 is 39.1. The number of aliphatic hydroxyl groups is 5. The van der Waals surface area contributed by atoms with Crippen molar-refractivity contribution >= 4 is 16.9 Å². The molecule has 2 aliphatic rings. The molecule has 2 fully saturated rings. The Morgan fingerprint density at radius 2 is 1.60 bits per heavy atom. The number of benzene rings is 2. The van der Waals surface area contributed by atoms with Gasteiger partial charge in [-0.25, -0.2) is 0 Å². The van der Waals surface area contributed by atoms with Crippen LogP contribution in [0.25, 0.3) is 22.3 Å². The van der Waals surface area contributed by atoms with Crippen molar-refractivity contribution in [2.24, 2.45) is 5.92 Å². The topological polar surface area (TPSA) is 224 Å². The molecule has 15 heteroatoms. The normalized spacial score (nSPS) is 31.3. The van der Waals surface area contributed by atoms with E-state index in [1.165, 1.54) is 26.2 Å². The monoisotopic (exact) mass is 676 g/mol. The first-order chi connectivity index (χ1) is 22.8. The molecule has 0 radical (unpaired) electrons. The molecule has 3 heterocycles. The van der Waals surface area contributed by atoms with Gasteiger partial charge >= 0.3 is 5.97 Å². The molecule has 0 spiro atoms. The fourth-order valence-corrected chi connectivity index (χ4v) is 5.38. The van der Waals surface area contributed by atoms with Gasteiger partial charge in [-0.15, -0.1) is 0 Å². The summed E-state index contributed by atoms with van der Waals surface area (Å²) in [4.78, 5) is 25.3. The van der Waals surface area contributed by atoms with E-state index in [9.17, 15) is 40.2 Å². The molecular formula is C33H40O15. The predicted octanol–water partition coefficient (Wildman–Crippen LogP) is 0.802. The highest BCUT2D eigenvalue weighted by atomic mass is 16.7. The minimum atomic E-state index is -1.78. The maximum Gasteiger partial charge on any atom is 0.309 e. The Balaban J connectivity index is 1.31. The Bertz CT molecular complexity index is 1620. The summed E-state index contributed by atoms with van der Waals surface area (Å²) in [6.45, 7) is 4.42. The molecule has 3 aromatic rings. The number of hydrogen-bond donors (Lipinski definition) is 6. The number of aliphatic hydroxyl groups excluding tert-OH is 5. The standard InChI is InChI=1S/C33H40O15/c1-5-14(2)31(41)48-30-25(36)15(3)44-32(29(30)40)43-13-23-26(37)27(38)28(39)33(47-23)45-18-10-19(34)24-20(35)12-21(46-22(24)11-18)16-6-8-17(42-4)9-7-16/h6-12,14-15,23,25-30,32-34,36-40H,5,13H2,1-4H3/t14-,15-,23+,25-,26+,27-,28+,29-,30+,32+,33+/m0/s1. The number of hydrogen-bond acceptors (Lipinski definition) is 15. The van der Waals surface area contributed by atoms with Gasteiger partial charge in [0, 0.05) is 23.8 Å². The number of aromatic hydroxyl groups is 1. The van der Waals surface area contributed by atoms with Crippen molar-refractivity contribution in [1.29, 1.82) is 0 Å². The highest BCUT2D eigenvalue weighted by Crippen LogP contribution is 2.34. The zero-order valence-corrected chi connectivity index (χ0v) is 26.7. The smallest absolute Gasteiger partial charge is 0.309 e. The zero-order valence-electron chi connectivity index (χ0n) is 26.7. The number of rotatable bonds is 10. The Hall–Kier alpha value is -3.80. The molecule has 0 unspecified atom stereocenters. The molecule has 1 aromatic heterocycles. The molecule has 0 aliphatic carbocycles. The summed E-state index contributed by atoms with van der Waals surface area (Å²) in [5.41, 5.74) is -0.0124. The molecule has 6 N–H and O–H groups in total. The van der Waals surface area contributed by atoms with E-state index in [1.54, 1.807) is 38.1 Å². The van der Waals surface area contributed by atoms with E-state index in [0.29, 0.717) is 17.7 Å². The van der Waals surface area contributed by atoms with E-state index in [2.05, 4.69) is 0 Å². The number of phenolic OH excluding ortho intramolecular Hbond substituents is 1. The largest absolute Gasteiger partial charge is 0.507 e. The van der Waals surface area contributed by atoms with Crippen LogP contribution in [0.3, 0.4) is 0 Å². The molecule has 2 aliphatic heterocycles. The molecular weight excluding hydrogens is 636 g/mol. The van der Waals surface area contributed by atoms with Crippen molar-refractivity contribution in [1.82, 2.24) is 0 Å². The van der Waals surface area contributed by atoms with Gasteiger partial charge in [-0.3, -0.25) is 9.59 Å². The van der Waals surface area contributed by atoms with Gasteiger partial charge in [-0.2, -0.15) is 0 Å². The van der Waals surface area contributed by atoms with Crippen LogP contribution in [0.5, 0.6) is 17.2 Å². The van der Waals surface area contributed by atoms with Crippen molar-refractivity contribution in [3.05, 3.63) is 52.7 Å². The van der Waals surface area contributed by atoms with Crippen LogP contribution in [-0.2, 0) is 23.7 Å². The van der Waals surface area contributed by atoms with Gasteiger partial charge in [-0.1, -0.05) is 13.8 Å². The first-order valence-electron chi connectivity index (χ1n) is 15.5. The number of carbonyl (C=O) groups excluding carboxylic acids is 1. The second kappa shape index (κ2) is 14.8. The third-order valence-electron chi connectivity index (χ3n) is 8.55. The number of phenols is 1. The minimum absolute atomic E-state index is 0.0441. The van der Waals surface area contributed by atoms with Crippen LogP contribution in [0.2, 0.25) is 0 Å². The Labute approximate surface area is 274 Å². The van der Waals surface area contributed by atoms with Gasteiger partial charge in [0.15, 0.2) is 17.8 Å². The number of fused-ring (bicyclic) bond motifs is 1. The average Bonchev–Trinajstić information content (AvgIpc) is 3.07. The lowest BCUT2D eigenvalue weighted by atomic mass is 9.98. The number of methoxy groups -OCH3 is 1. The van der Waals surface area contributed by atoms with E-state index < -0.39 is 91.1 Å². The van der Waals surface area contributed by atoms with Crippen LogP contribution in [0.15, 0.2) is 51.7 Å². The fraction of sp³-hybridized carbons (Fsp3) is 0.515. The van der Waals surface area contributed by atoms with E-state index in [0.717, 1.165) is 6.07 Å². The van der Waals surface area contributed by atoms with Crippen LogP contribution < -0.4 is 14.9 Å². The van der Waals surface area contributed by atoms with Gasteiger partial charge in [-0.05, 0) is 37.6 Å². The lowest BCUT2D eigenvalue weighted by molar-refractivity contribution is -0.320. The van der Waals surface area contributed by atoms with Crippen LogP contribution >= 0.6 is 0 Å². The Morgan fingerprint density at radius 1 is 0.896 bits per heavy atom. The van der Waals surface area contributed by atoms with E-state index in [-0.39, 0.29) is 22.5 Å². The van der Waals surface area contributed by atoms with Gasteiger partial charge < -0.3 is 63.5 Å². The summed E-state index contributed by atoms with van der Waals surface area (Å²) in [6.07, 6.45) is -14.4. The highest BCUT2D eigenvalue weighted by molar-refractivity contribution is 5.86. The second-order valence-corrected chi connectivity index (χ2v) is 11.9. The molecule has 5 rings (SSSR count). The summed E-state index contributed by atoms with van der Waals surface area (Å²) >= 11 is 0. The molecule has 15 nitrogen and oxygen atoms in total. The number of ether oxygens (including phenoxy) is 6.